The Bertz CT molecular complexity index is 1080. The van der Waals surface area contributed by atoms with Crippen LogP contribution in [0.25, 0.3) is 6.08 Å². The number of barbiturate groups is 1. The van der Waals surface area contributed by atoms with Gasteiger partial charge in [0.25, 0.3) is 11.8 Å². The Hall–Kier alpha value is -3.58. The zero-order valence-corrected chi connectivity index (χ0v) is 17.2. The molecule has 0 saturated carbocycles. The molecule has 8 heteroatoms. The highest BCUT2D eigenvalue weighted by atomic mass is 35.5. The van der Waals surface area contributed by atoms with Crippen molar-refractivity contribution >= 4 is 41.2 Å². The minimum atomic E-state index is -0.840. The lowest BCUT2D eigenvalue weighted by atomic mass is 10.1. The van der Waals surface area contributed by atoms with E-state index < -0.39 is 17.8 Å². The number of benzene rings is 2. The van der Waals surface area contributed by atoms with Crippen molar-refractivity contribution in [2.24, 2.45) is 0 Å². The third kappa shape index (κ3) is 4.21. The Balaban J connectivity index is 1.98. The molecule has 1 aliphatic heterocycles. The third-order valence-electron chi connectivity index (χ3n) is 4.37. The first-order valence-corrected chi connectivity index (χ1v) is 9.33. The van der Waals surface area contributed by atoms with E-state index in [0.717, 1.165) is 10.5 Å². The molecule has 0 aromatic heterocycles. The zero-order chi connectivity index (χ0) is 21.8. The van der Waals surface area contributed by atoms with Crippen LogP contribution in [0.4, 0.5) is 10.5 Å². The highest BCUT2D eigenvalue weighted by molar-refractivity contribution is 6.39. The monoisotopic (exact) mass is 426 g/mol. The van der Waals surface area contributed by atoms with E-state index in [-0.39, 0.29) is 11.3 Å². The molecular weight excluding hydrogens is 408 g/mol. The molecule has 1 fully saturated rings. The van der Waals surface area contributed by atoms with Crippen LogP contribution >= 0.6 is 11.6 Å². The summed E-state index contributed by atoms with van der Waals surface area (Å²) < 4.78 is 10.8. The average Bonchev–Trinajstić information content (AvgIpc) is 2.72. The fraction of sp³-hybridized carbons (Fsp3) is 0.136. The molecule has 0 spiro atoms. The summed E-state index contributed by atoms with van der Waals surface area (Å²) in [4.78, 5) is 38.5. The van der Waals surface area contributed by atoms with E-state index in [2.05, 4.69) is 11.9 Å². The SMILES string of the molecule is C=CCOc1ccc(/C=C2/C(=O)NC(=O)N(c3ccc(C)c(Cl)c3)C2=O)cc1OC. The number of imide groups is 2. The van der Waals surface area contributed by atoms with Gasteiger partial charge in [0.15, 0.2) is 11.5 Å². The Labute approximate surface area is 178 Å². The van der Waals surface area contributed by atoms with Gasteiger partial charge in [0.1, 0.15) is 12.2 Å². The number of amides is 4. The average molecular weight is 427 g/mol. The topological polar surface area (TPSA) is 84.9 Å². The quantitative estimate of drug-likeness (QED) is 0.430. The number of nitrogens with zero attached hydrogens (tertiary/aromatic N) is 1. The van der Waals surface area contributed by atoms with Crippen LogP contribution in [0.5, 0.6) is 11.5 Å². The van der Waals surface area contributed by atoms with E-state index >= 15 is 0 Å². The number of aryl methyl sites for hydroxylation is 1. The van der Waals surface area contributed by atoms with Crippen molar-refractivity contribution in [2.75, 3.05) is 18.6 Å². The highest BCUT2D eigenvalue weighted by Gasteiger charge is 2.37. The number of ether oxygens (including phenoxy) is 2. The number of carbonyl (C=O) groups is 3. The molecule has 2 aromatic rings. The van der Waals surface area contributed by atoms with Gasteiger partial charge in [-0.15, -0.1) is 0 Å². The fourth-order valence-corrected chi connectivity index (χ4v) is 3.00. The molecule has 2 aromatic carbocycles. The van der Waals surface area contributed by atoms with Crippen LogP contribution in [0, 0.1) is 6.92 Å². The second kappa shape index (κ2) is 8.84. The van der Waals surface area contributed by atoms with Crippen LogP contribution in [0.3, 0.4) is 0 Å². The molecular formula is C22H19ClN2O5. The van der Waals surface area contributed by atoms with Crippen LogP contribution < -0.4 is 19.7 Å². The lowest BCUT2D eigenvalue weighted by Crippen LogP contribution is -2.54. The zero-order valence-electron chi connectivity index (χ0n) is 16.4. The first kappa shape index (κ1) is 21.1. The molecule has 1 N–H and O–H groups in total. The maximum absolute atomic E-state index is 13.0. The summed E-state index contributed by atoms with van der Waals surface area (Å²) in [7, 11) is 1.48. The van der Waals surface area contributed by atoms with Gasteiger partial charge in [-0.2, -0.15) is 0 Å². The summed E-state index contributed by atoms with van der Waals surface area (Å²) in [5.41, 5.74) is 1.38. The normalized spacial score (nSPS) is 15.2. The molecule has 0 radical (unpaired) electrons. The van der Waals surface area contributed by atoms with Gasteiger partial charge in [-0.3, -0.25) is 14.9 Å². The Kier molecular flexibility index (Phi) is 6.23. The molecule has 4 amide bonds. The van der Waals surface area contributed by atoms with E-state index in [1.807, 2.05) is 0 Å². The maximum atomic E-state index is 13.0. The summed E-state index contributed by atoms with van der Waals surface area (Å²) in [6.07, 6.45) is 2.98. The van der Waals surface area contributed by atoms with Gasteiger partial charge >= 0.3 is 6.03 Å². The van der Waals surface area contributed by atoms with E-state index in [9.17, 15) is 14.4 Å². The molecule has 7 nitrogen and oxygen atoms in total. The van der Waals surface area contributed by atoms with Crippen LogP contribution in [-0.2, 0) is 9.59 Å². The van der Waals surface area contributed by atoms with Crippen molar-refractivity contribution in [3.63, 3.8) is 0 Å². The molecule has 30 heavy (non-hydrogen) atoms. The van der Waals surface area contributed by atoms with E-state index in [0.29, 0.717) is 28.7 Å². The standard InChI is InChI=1S/C22H19ClN2O5/c1-4-9-30-18-8-6-14(11-19(18)29-3)10-16-20(26)24-22(28)25(21(16)27)15-7-5-13(2)17(23)12-15/h4-8,10-12H,1,9H2,2-3H3,(H,24,26,28)/b16-10-. The largest absolute Gasteiger partial charge is 0.493 e. The van der Waals surface area contributed by atoms with Crippen LogP contribution in [0.15, 0.2) is 54.6 Å². The predicted molar refractivity (Wildman–Crippen MR) is 114 cm³/mol. The van der Waals surface area contributed by atoms with Gasteiger partial charge < -0.3 is 9.47 Å². The van der Waals surface area contributed by atoms with Crippen molar-refractivity contribution in [3.8, 4) is 11.5 Å². The van der Waals surface area contributed by atoms with Gasteiger partial charge in [-0.25, -0.2) is 9.69 Å². The number of nitrogens with one attached hydrogen (secondary N) is 1. The van der Waals surface area contributed by atoms with Crippen molar-refractivity contribution in [1.82, 2.24) is 5.32 Å². The number of rotatable bonds is 6. The molecule has 0 aliphatic carbocycles. The summed E-state index contributed by atoms with van der Waals surface area (Å²) in [6.45, 7) is 5.69. The second-order valence-electron chi connectivity index (χ2n) is 6.40. The van der Waals surface area contributed by atoms with Gasteiger partial charge in [-0.05, 0) is 48.4 Å². The minimum Gasteiger partial charge on any atom is -0.493 e. The lowest BCUT2D eigenvalue weighted by Gasteiger charge is -2.26. The van der Waals surface area contributed by atoms with Crippen LogP contribution in [-0.4, -0.2) is 31.6 Å². The first-order valence-electron chi connectivity index (χ1n) is 8.95. The number of anilines is 1. The summed E-state index contributed by atoms with van der Waals surface area (Å²) in [6, 6.07) is 8.87. The Morgan fingerprint density at radius 3 is 2.57 bits per heavy atom. The smallest absolute Gasteiger partial charge is 0.335 e. The van der Waals surface area contributed by atoms with Crippen molar-refractivity contribution in [3.05, 3.63) is 70.8 Å². The number of hydrogen-bond donors (Lipinski definition) is 1. The molecule has 0 unspecified atom stereocenters. The molecule has 0 atom stereocenters. The number of carbonyl (C=O) groups excluding carboxylic acids is 3. The number of halogens is 1. The van der Waals surface area contributed by atoms with E-state index in [1.54, 1.807) is 43.3 Å². The summed E-state index contributed by atoms with van der Waals surface area (Å²) in [5.74, 6) is -0.627. The second-order valence-corrected chi connectivity index (χ2v) is 6.81. The van der Waals surface area contributed by atoms with Crippen molar-refractivity contribution in [2.45, 2.75) is 6.92 Å². The lowest BCUT2D eigenvalue weighted by molar-refractivity contribution is -0.122. The first-order chi connectivity index (χ1) is 14.3. The van der Waals surface area contributed by atoms with E-state index in [1.165, 1.54) is 19.3 Å². The molecule has 1 aliphatic rings. The minimum absolute atomic E-state index is 0.201. The van der Waals surface area contributed by atoms with Crippen LogP contribution in [0.2, 0.25) is 5.02 Å². The number of hydrogen-bond acceptors (Lipinski definition) is 5. The van der Waals surface area contributed by atoms with Gasteiger partial charge in [0.05, 0.1) is 12.8 Å². The molecule has 154 valence electrons. The van der Waals surface area contributed by atoms with Gasteiger partial charge in [0, 0.05) is 5.02 Å². The molecule has 0 bridgehead atoms. The Morgan fingerprint density at radius 1 is 1.13 bits per heavy atom. The molecule has 1 heterocycles. The third-order valence-corrected chi connectivity index (χ3v) is 4.78. The Morgan fingerprint density at radius 2 is 1.90 bits per heavy atom. The summed E-state index contributed by atoms with van der Waals surface area (Å²) >= 11 is 6.12. The van der Waals surface area contributed by atoms with Gasteiger partial charge in [-0.1, -0.05) is 36.4 Å². The maximum Gasteiger partial charge on any atom is 0.335 e. The van der Waals surface area contributed by atoms with Crippen LogP contribution in [0.1, 0.15) is 11.1 Å². The predicted octanol–water partition coefficient (Wildman–Crippen LogP) is 3.89. The molecule has 1 saturated heterocycles. The fourth-order valence-electron chi connectivity index (χ4n) is 2.82. The number of methoxy groups -OCH3 is 1. The highest BCUT2D eigenvalue weighted by Crippen LogP contribution is 2.30. The van der Waals surface area contributed by atoms with Gasteiger partial charge in [0.2, 0.25) is 0 Å². The summed E-state index contributed by atoms with van der Waals surface area (Å²) in [5, 5.41) is 2.58. The molecule has 3 rings (SSSR count). The van der Waals surface area contributed by atoms with E-state index in [4.69, 9.17) is 21.1 Å². The van der Waals surface area contributed by atoms with Crippen molar-refractivity contribution in [1.29, 1.82) is 0 Å². The number of urea groups is 1. The van der Waals surface area contributed by atoms with Crippen molar-refractivity contribution < 1.29 is 23.9 Å².